The molecule has 0 saturated heterocycles. The fourth-order valence-electron chi connectivity index (χ4n) is 2.72. The molecule has 0 atom stereocenters. The van der Waals surface area contributed by atoms with Crippen LogP contribution in [0.25, 0.3) is 10.8 Å². The van der Waals surface area contributed by atoms with E-state index in [4.69, 9.17) is 4.74 Å². The Morgan fingerprint density at radius 1 is 1.00 bits per heavy atom. The molecular formula is C20H21N3O4. The lowest BCUT2D eigenvalue weighted by atomic mass is 10.2. The Bertz CT molecular complexity index is 1020. The van der Waals surface area contributed by atoms with E-state index in [0.717, 1.165) is 10.2 Å². The van der Waals surface area contributed by atoms with Gasteiger partial charge in [-0.15, -0.1) is 0 Å². The van der Waals surface area contributed by atoms with Crippen LogP contribution < -0.4 is 16.4 Å². The summed E-state index contributed by atoms with van der Waals surface area (Å²) >= 11 is 0. The number of hydrogen-bond acceptors (Lipinski definition) is 4. The first-order valence-electron chi connectivity index (χ1n) is 8.75. The summed E-state index contributed by atoms with van der Waals surface area (Å²) < 4.78 is 6.58. The summed E-state index contributed by atoms with van der Waals surface area (Å²) in [6.07, 6.45) is 0.654. The van der Waals surface area contributed by atoms with Gasteiger partial charge >= 0.3 is 0 Å². The molecule has 0 aliphatic heterocycles. The number of aromatic nitrogens is 2. The van der Waals surface area contributed by atoms with Crippen LogP contribution in [0.15, 0.2) is 64.2 Å². The molecule has 7 nitrogen and oxygen atoms in total. The fraction of sp³-hybridized carbons (Fsp3) is 0.250. The summed E-state index contributed by atoms with van der Waals surface area (Å²) in [5.41, 5.74) is 0.306. The van der Waals surface area contributed by atoms with Crippen LogP contribution in [-0.4, -0.2) is 28.8 Å². The molecule has 140 valence electrons. The Kier molecular flexibility index (Phi) is 6.17. The van der Waals surface area contributed by atoms with Gasteiger partial charge in [0.2, 0.25) is 5.91 Å². The first kappa shape index (κ1) is 18.6. The van der Waals surface area contributed by atoms with Crippen molar-refractivity contribution in [1.29, 1.82) is 0 Å². The van der Waals surface area contributed by atoms with Gasteiger partial charge in [-0.3, -0.25) is 19.5 Å². The van der Waals surface area contributed by atoms with E-state index in [9.17, 15) is 14.4 Å². The zero-order valence-corrected chi connectivity index (χ0v) is 14.8. The summed E-state index contributed by atoms with van der Waals surface area (Å²) in [4.78, 5) is 36.4. The number of carbonyl (C=O) groups excluding carboxylic acids is 1. The second kappa shape index (κ2) is 8.95. The Morgan fingerprint density at radius 2 is 1.70 bits per heavy atom. The molecule has 7 heteroatoms. The van der Waals surface area contributed by atoms with E-state index in [0.29, 0.717) is 37.0 Å². The van der Waals surface area contributed by atoms with Crippen LogP contribution in [0, 0.1) is 0 Å². The average molecular weight is 367 g/mol. The van der Waals surface area contributed by atoms with Crippen molar-refractivity contribution in [2.45, 2.75) is 19.6 Å². The Hall–Kier alpha value is -3.19. The fourth-order valence-corrected chi connectivity index (χ4v) is 2.72. The molecule has 0 aliphatic carbocycles. The van der Waals surface area contributed by atoms with E-state index in [1.807, 2.05) is 30.3 Å². The van der Waals surface area contributed by atoms with Gasteiger partial charge in [-0.05, 0) is 24.1 Å². The third-order valence-corrected chi connectivity index (χ3v) is 4.08. The minimum absolute atomic E-state index is 0.232. The van der Waals surface area contributed by atoms with Crippen LogP contribution in [0.5, 0.6) is 0 Å². The molecular weight excluding hydrogens is 346 g/mol. The summed E-state index contributed by atoms with van der Waals surface area (Å²) in [6.45, 7) is 1.24. The molecule has 0 radical (unpaired) electrons. The van der Waals surface area contributed by atoms with E-state index in [2.05, 4.69) is 10.4 Å². The SMILES string of the molecule is O=C(Cn1[nH]c(=O)c2ccccc2c1=O)NCCCOCc1ccccc1. The number of hydrogen-bond donors (Lipinski definition) is 2. The number of nitrogens with one attached hydrogen (secondary N) is 2. The maximum Gasteiger partial charge on any atom is 0.273 e. The average Bonchev–Trinajstić information content (AvgIpc) is 2.69. The molecule has 3 aromatic rings. The van der Waals surface area contributed by atoms with Crippen molar-refractivity contribution in [3.05, 3.63) is 80.9 Å². The molecule has 0 aliphatic rings. The highest BCUT2D eigenvalue weighted by Gasteiger charge is 2.09. The quantitative estimate of drug-likeness (QED) is 0.589. The summed E-state index contributed by atoms with van der Waals surface area (Å²) in [6, 6.07) is 16.4. The third-order valence-electron chi connectivity index (χ3n) is 4.08. The Morgan fingerprint density at radius 3 is 2.48 bits per heavy atom. The number of H-pyrrole nitrogens is 1. The first-order chi connectivity index (χ1) is 13.1. The topological polar surface area (TPSA) is 93.2 Å². The van der Waals surface area contributed by atoms with Crippen LogP contribution in [0.4, 0.5) is 0 Å². The third kappa shape index (κ3) is 4.92. The maximum absolute atomic E-state index is 12.4. The van der Waals surface area contributed by atoms with Crippen LogP contribution in [-0.2, 0) is 22.7 Å². The number of ether oxygens (including phenoxy) is 1. The normalized spacial score (nSPS) is 10.8. The second-order valence-electron chi connectivity index (χ2n) is 6.12. The van der Waals surface area contributed by atoms with Gasteiger partial charge in [-0.2, -0.15) is 0 Å². The molecule has 3 rings (SSSR count). The molecule has 27 heavy (non-hydrogen) atoms. The molecule has 0 spiro atoms. The molecule has 1 aromatic heterocycles. The van der Waals surface area contributed by atoms with Crippen molar-refractivity contribution in [2.24, 2.45) is 0 Å². The van der Waals surface area contributed by atoms with Crippen molar-refractivity contribution < 1.29 is 9.53 Å². The van der Waals surface area contributed by atoms with Gasteiger partial charge in [0, 0.05) is 13.2 Å². The lowest BCUT2D eigenvalue weighted by Gasteiger charge is -2.09. The van der Waals surface area contributed by atoms with Crippen molar-refractivity contribution in [2.75, 3.05) is 13.2 Å². The van der Waals surface area contributed by atoms with Gasteiger partial charge < -0.3 is 10.1 Å². The van der Waals surface area contributed by atoms with Crippen LogP contribution in [0.3, 0.4) is 0 Å². The zero-order chi connectivity index (χ0) is 19.1. The van der Waals surface area contributed by atoms with Crippen molar-refractivity contribution >= 4 is 16.7 Å². The lowest BCUT2D eigenvalue weighted by Crippen LogP contribution is -2.37. The molecule has 1 amide bonds. The molecule has 2 N–H and O–H groups in total. The first-order valence-corrected chi connectivity index (χ1v) is 8.75. The van der Waals surface area contributed by atoms with Crippen molar-refractivity contribution in [3.8, 4) is 0 Å². The van der Waals surface area contributed by atoms with Gasteiger partial charge in [0.15, 0.2) is 0 Å². The minimum Gasteiger partial charge on any atom is -0.377 e. The van der Waals surface area contributed by atoms with Gasteiger partial charge in [0.25, 0.3) is 11.1 Å². The number of fused-ring (bicyclic) bond motifs is 1. The van der Waals surface area contributed by atoms with E-state index >= 15 is 0 Å². The molecule has 0 unspecified atom stereocenters. The van der Waals surface area contributed by atoms with Gasteiger partial charge in [-0.1, -0.05) is 42.5 Å². The number of aromatic amines is 1. The van der Waals surface area contributed by atoms with Crippen molar-refractivity contribution in [1.82, 2.24) is 15.1 Å². The highest BCUT2D eigenvalue weighted by atomic mass is 16.5. The van der Waals surface area contributed by atoms with E-state index < -0.39 is 11.1 Å². The number of carbonyl (C=O) groups is 1. The van der Waals surface area contributed by atoms with E-state index in [-0.39, 0.29) is 12.5 Å². The largest absolute Gasteiger partial charge is 0.377 e. The van der Waals surface area contributed by atoms with Gasteiger partial charge in [0.05, 0.1) is 17.4 Å². The monoisotopic (exact) mass is 367 g/mol. The number of benzene rings is 2. The standard InChI is InChI=1S/C20H21N3O4/c24-18(21-11-6-12-27-14-15-7-2-1-3-8-15)13-23-20(26)17-10-5-4-9-16(17)19(25)22-23/h1-5,7-10H,6,11-14H2,(H,21,24)(H,22,25). The van der Waals surface area contributed by atoms with Gasteiger partial charge in [0.1, 0.15) is 6.54 Å². The number of amides is 1. The molecule has 0 saturated carbocycles. The number of nitrogens with zero attached hydrogens (tertiary/aromatic N) is 1. The smallest absolute Gasteiger partial charge is 0.273 e. The predicted molar refractivity (Wildman–Crippen MR) is 103 cm³/mol. The van der Waals surface area contributed by atoms with E-state index in [1.54, 1.807) is 24.3 Å². The van der Waals surface area contributed by atoms with Crippen LogP contribution in [0.2, 0.25) is 0 Å². The molecule has 2 aromatic carbocycles. The highest BCUT2D eigenvalue weighted by molar-refractivity contribution is 5.81. The summed E-state index contributed by atoms with van der Waals surface area (Å²) in [5, 5.41) is 5.77. The molecule has 0 bridgehead atoms. The zero-order valence-electron chi connectivity index (χ0n) is 14.8. The number of rotatable bonds is 8. The molecule has 1 heterocycles. The second-order valence-corrected chi connectivity index (χ2v) is 6.12. The lowest BCUT2D eigenvalue weighted by molar-refractivity contribution is -0.121. The van der Waals surface area contributed by atoms with Crippen LogP contribution in [0.1, 0.15) is 12.0 Å². The highest BCUT2D eigenvalue weighted by Crippen LogP contribution is 2.02. The predicted octanol–water partition coefficient (Wildman–Crippen LogP) is 1.41. The summed E-state index contributed by atoms with van der Waals surface area (Å²) in [7, 11) is 0. The van der Waals surface area contributed by atoms with Crippen molar-refractivity contribution in [3.63, 3.8) is 0 Å². The minimum atomic E-state index is -0.397. The maximum atomic E-state index is 12.4. The Labute approximate surface area is 155 Å². The summed E-state index contributed by atoms with van der Waals surface area (Å²) in [5.74, 6) is -0.342. The van der Waals surface area contributed by atoms with Crippen LogP contribution >= 0.6 is 0 Å². The molecule has 0 fully saturated rings. The van der Waals surface area contributed by atoms with Gasteiger partial charge in [-0.25, -0.2) is 4.68 Å². The van der Waals surface area contributed by atoms with E-state index in [1.165, 1.54) is 0 Å². The Balaban J connectivity index is 1.46.